The van der Waals surface area contributed by atoms with Crippen LogP contribution in [0.3, 0.4) is 0 Å². The molecular formula is C28H37N2O6S4+. The minimum absolute atomic E-state index is 0.139. The van der Waals surface area contributed by atoms with Gasteiger partial charge in [-0.15, -0.1) is 0 Å². The summed E-state index contributed by atoms with van der Waals surface area (Å²) in [6.45, 7) is 10.1. The van der Waals surface area contributed by atoms with Gasteiger partial charge in [0.25, 0.3) is 25.2 Å². The Balaban J connectivity index is 1.67. The highest BCUT2D eigenvalue weighted by atomic mass is 32.2. The number of aryl methyl sites for hydroxylation is 2. The van der Waals surface area contributed by atoms with E-state index in [9.17, 15) is 25.9 Å². The van der Waals surface area contributed by atoms with E-state index in [1.165, 1.54) is 24.3 Å². The molecule has 2 aliphatic rings. The Morgan fingerprint density at radius 1 is 1.12 bits per heavy atom. The Morgan fingerprint density at radius 2 is 1.80 bits per heavy atom. The summed E-state index contributed by atoms with van der Waals surface area (Å²) in [7, 11) is -8.22. The highest BCUT2D eigenvalue weighted by Gasteiger charge is 2.35. The van der Waals surface area contributed by atoms with E-state index in [0.29, 0.717) is 19.5 Å². The standard InChI is InChI=1S/C28H36N2O6S4/c1-18-6-8-23-25(14-18)37-27(29(23)12-10-21(4)39(31,32)33)16-20(3)17-28-30(13-11-22(5)40(34,35)36)24-9-7-19(2)15-26(24)38-28/h6-8,14-17,21-22,24H,9-13H2,1-5H3,(H-,31,32,33,34,35,36)/p+1. The molecule has 12 heteroatoms. The average molecular weight is 626 g/mol. The van der Waals surface area contributed by atoms with E-state index in [4.69, 9.17) is 0 Å². The number of thiazole rings is 1. The van der Waals surface area contributed by atoms with Gasteiger partial charge in [0.15, 0.2) is 6.54 Å². The maximum Gasteiger partial charge on any atom is 0.267 e. The highest BCUT2D eigenvalue weighted by Crippen LogP contribution is 2.46. The van der Waals surface area contributed by atoms with Crippen LogP contribution in [0.4, 0.5) is 0 Å². The van der Waals surface area contributed by atoms with Crippen molar-refractivity contribution in [2.45, 2.75) is 77.0 Å². The summed E-state index contributed by atoms with van der Waals surface area (Å²) in [5.74, 6) is 0. The molecule has 2 heterocycles. The summed E-state index contributed by atoms with van der Waals surface area (Å²) in [6.07, 6.45) is 10.00. The first kappa shape index (κ1) is 31.0. The number of hydrogen-bond acceptors (Lipinski definition) is 7. The first-order valence-electron chi connectivity index (χ1n) is 13.2. The predicted octanol–water partition coefficient (Wildman–Crippen LogP) is 5.73. The molecule has 1 saturated heterocycles. The number of aromatic nitrogens is 1. The molecule has 4 rings (SSSR count). The molecule has 1 fully saturated rings. The first-order chi connectivity index (χ1) is 18.6. The van der Waals surface area contributed by atoms with Gasteiger partial charge in [0, 0.05) is 30.0 Å². The van der Waals surface area contributed by atoms with Gasteiger partial charge in [-0.25, -0.2) is 0 Å². The Bertz CT molecular complexity index is 1630. The Labute approximate surface area is 245 Å². The molecule has 0 bridgehead atoms. The minimum atomic E-state index is -4.12. The van der Waals surface area contributed by atoms with Crippen LogP contribution in [0.25, 0.3) is 16.3 Å². The van der Waals surface area contributed by atoms with Crippen molar-refractivity contribution in [1.29, 1.82) is 0 Å². The molecule has 2 aromatic rings. The van der Waals surface area contributed by atoms with Gasteiger partial charge >= 0.3 is 0 Å². The molecule has 1 aliphatic carbocycles. The number of rotatable bonds is 10. The number of benzene rings is 1. The van der Waals surface area contributed by atoms with E-state index in [-0.39, 0.29) is 12.5 Å². The predicted molar refractivity (Wildman–Crippen MR) is 164 cm³/mol. The van der Waals surface area contributed by atoms with Crippen molar-refractivity contribution in [1.82, 2.24) is 4.90 Å². The molecule has 0 spiro atoms. The summed E-state index contributed by atoms with van der Waals surface area (Å²) in [5, 5.41) is 0.276. The van der Waals surface area contributed by atoms with Crippen LogP contribution >= 0.6 is 23.1 Å². The van der Waals surface area contributed by atoms with E-state index in [1.807, 2.05) is 26.0 Å². The Hall–Kier alpha value is -1.96. The van der Waals surface area contributed by atoms with E-state index in [1.54, 1.807) is 23.1 Å². The summed E-state index contributed by atoms with van der Waals surface area (Å²) >= 11 is 3.32. The van der Waals surface area contributed by atoms with Crippen LogP contribution < -0.4 is 4.57 Å². The molecule has 1 aromatic heterocycles. The van der Waals surface area contributed by atoms with Crippen molar-refractivity contribution in [3.8, 4) is 0 Å². The van der Waals surface area contributed by atoms with Crippen LogP contribution in [0.5, 0.6) is 0 Å². The molecule has 0 radical (unpaired) electrons. The molecule has 2 N–H and O–H groups in total. The van der Waals surface area contributed by atoms with Gasteiger partial charge in [0.1, 0.15) is 4.70 Å². The van der Waals surface area contributed by atoms with Gasteiger partial charge in [-0.3, -0.25) is 9.11 Å². The number of nitrogens with zero attached hydrogens (tertiary/aromatic N) is 2. The SMILES string of the molecule is CC1=CCC2C(=C1)S/C(=C\C(C)=C\c1sc3cc(C)ccc3[n+]1CCC(C)S(=O)(=O)O)N2CCC(C)S(=O)(=O)O. The van der Waals surface area contributed by atoms with E-state index in [0.717, 1.165) is 37.8 Å². The monoisotopic (exact) mass is 625 g/mol. The smallest absolute Gasteiger partial charge is 0.267 e. The molecule has 1 aliphatic heterocycles. The maximum atomic E-state index is 11.6. The molecule has 8 nitrogen and oxygen atoms in total. The van der Waals surface area contributed by atoms with Gasteiger partial charge in [-0.2, -0.15) is 21.4 Å². The third-order valence-electron chi connectivity index (χ3n) is 7.38. The van der Waals surface area contributed by atoms with Crippen molar-refractivity contribution < 1.29 is 30.5 Å². The second kappa shape index (κ2) is 12.1. The lowest BCUT2D eigenvalue weighted by Crippen LogP contribution is -2.37. The zero-order valence-corrected chi connectivity index (χ0v) is 26.6. The zero-order valence-electron chi connectivity index (χ0n) is 23.4. The van der Waals surface area contributed by atoms with Gasteiger partial charge < -0.3 is 4.90 Å². The summed E-state index contributed by atoms with van der Waals surface area (Å²) in [6, 6.07) is 6.33. The molecular weight excluding hydrogens is 589 g/mol. The lowest BCUT2D eigenvalue weighted by molar-refractivity contribution is -0.669. The molecule has 0 amide bonds. The number of fused-ring (bicyclic) bond motifs is 2. The molecule has 40 heavy (non-hydrogen) atoms. The van der Waals surface area contributed by atoms with E-state index in [2.05, 4.69) is 46.8 Å². The van der Waals surface area contributed by atoms with Crippen molar-refractivity contribution in [3.63, 3.8) is 0 Å². The van der Waals surface area contributed by atoms with Crippen LogP contribution in [0.1, 0.15) is 57.5 Å². The van der Waals surface area contributed by atoms with Crippen molar-refractivity contribution in [2.75, 3.05) is 6.54 Å². The molecule has 3 unspecified atom stereocenters. The first-order valence-corrected chi connectivity index (χ1v) is 17.9. The number of hydrogen-bond donors (Lipinski definition) is 2. The Kier molecular flexibility index (Phi) is 9.38. The zero-order chi connectivity index (χ0) is 29.4. The van der Waals surface area contributed by atoms with Crippen molar-refractivity contribution in [3.05, 3.63) is 68.1 Å². The molecule has 218 valence electrons. The van der Waals surface area contributed by atoms with Crippen LogP contribution in [0.2, 0.25) is 0 Å². The van der Waals surface area contributed by atoms with Crippen LogP contribution in [0.15, 0.2) is 57.5 Å². The molecule has 3 atom stereocenters. The summed E-state index contributed by atoms with van der Waals surface area (Å²) in [5.41, 5.74) is 4.36. The fraction of sp³-hybridized carbons (Fsp3) is 0.464. The second-order valence-corrected chi connectivity index (χ2v) is 16.5. The lowest BCUT2D eigenvalue weighted by Gasteiger charge is -2.28. The molecule has 1 aromatic carbocycles. The third kappa shape index (κ3) is 7.27. The maximum absolute atomic E-state index is 11.6. The van der Waals surface area contributed by atoms with Crippen molar-refractivity contribution in [2.24, 2.45) is 0 Å². The van der Waals surface area contributed by atoms with Gasteiger partial charge in [-0.05, 0) is 76.8 Å². The third-order valence-corrected chi connectivity index (χ3v) is 12.2. The number of thioether (sulfide) groups is 1. The van der Waals surface area contributed by atoms with Crippen LogP contribution in [0, 0.1) is 6.92 Å². The second-order valence-electron chi connectivity index (χ2n) is 10.7. The fourth-order valence-electron chi connectivity index (χ4n) is 4.79. The lowest BCUT2D eigenvalue weighted by atomic mass is 10.0. The topological polar surface area (TPSA) is 116 Å². The van der Waals surface area contributed by atoms with Crippen molar-refractivity contribution >= 4 is 59.6 Å². The van der Waals surface area contributed by atoms with E-state index < -0.39 is 30.7 Å². The quantitative estimate of drug-likeness (QED) is 0.254. The van der Waals surface area contributed by atoms with E-state index >= 15 is 0 Å². The van der Waals surface area contributed by atoms with Gasteiger partial charge in [0.05, 0.1) is 21.6 Å². The fourth-order valence-corrected chi connectivity index (χ4v) is 8.32. The van der Waals surface area contributed by atoms with Gasteiger partial charge in [0.2, 0.25) is 5.52 Å². The number of allylic oxidation sites excluding steroid dienone is 4. The summed E-state index contributed by atoms with van der Waals surface area (Å²) in [4.78, 5) is 3.46. The average Bonchev–Trinajstić information content (AvgIpc) is 3.35. The van der Waals surface area contributed by atoms with Crippen LogP contribution in [-0.4, -0.2) is 53.9 Å². The Morgan fingerprint density at radius 3 is 2.48 bits per heavy atom. The normalized spacial score (nSPS) is 21.0. The van der Waals surface area contributed by atoms with Crippen LogP contribution in [-0.2, 0) is 26.8 Å². The molecule has 0 saturated carbocycles. The largest absolute Gasteiger partial charge is 0.358 e. The van der Waals surface area contributed by atoms with Gasteiger partial charge in [-0.1, -0.05) is 40.8 Å². The summed E-state index contributed by atoms with van der Waals surface area (Å²) < 4.78 is 68.7. The minimum Gasteiger partial charge on any atom is -0.358 e. The highest BCUT2D eigenvalue weighted by molar-refractivity contribution is 8.07.